The first-order chi connectivity index (χ1) is 9.15. The second-order valence-electron chi connectivity index (χ2n) is 4.78. The Morgan fingerprint density at radius 1 is 1.58 bits per heavy atom. The van der Waals surface area contributed by atoms with Gasteiger partial charge in [-0.2, -0.15) is 0 Å². The van der Waals surface area contributed by atoms with Gasteiger partial charge in [0.15, 0.2) is 5.69 Å². The standard InChI is InChI=1S/C13H14ClN3O2/c14-8-3-4-10-12(13(18)19)16-11(17(10)7-8)6-9-2-1-5-15-9/h3-4,7,9,15H,1-2,5-6H2,(H,18,19). The van der Waals surface area contributed by atoms with Crippen LogP contribution in [0.2, 0.25) is 5.02 Å². The lowest BCUT2D eigenvalue weighted by molar-refractivity contribution is 0.0693. The third-order valence-corrected chi connectivity index (χ3v) is 3.69. The molecule has 6 heteroatoms. The second kappa shape index (κ2) is 4.83. The maximum Gasteiger partial charge on any atom is 0.356 e. The molecule has 0 aliphatic carbocycles. The number of nitrogens with one attached hydrogen (secondary N) is 1. The summed E-state index contributed by atoms with van der Waals surface area (Å²) < 4.78 is 1.78. The molecule has 3 rings (SSSR count). The molecule has 3 heterocycles. The number of carboxylic acid groups (broad SMARTS) is 1. The van der Waals surface area contributed by atoms with Crippen LogP contribution in [0.15, 0.2) is 18.3 Å². The van der Waals surface area contributed by atoms with Crippen LogP contribution < -0.4 is 5.32 Å². The van der Waals surface area contributed by atoms with Gasteiger partial charge in [0, 0.05) is 18.7 Å². The molecule has 2 N–H and O–H groups in total. The van der Waals surface area contributed by atoms with E-state index in [-0.39, 0.29) is 5.69 Å². The van der Waals surface area contributed by atoms with Gasteiger partial charge in [-0.1, -0.05) is 11.6 Å². The van der Waals surface area contributed by atoms with Gasteiger partial charge in [-0.25, -0.2) is 9.78 Å². The van der Waals surface area contributed by atoms with Gasteiger partial charge in [-0.15, -0.1) is 0 Å². The average molecular weight is 280 g/mol. The molecular formula is C13H14ClN3O2. The second-order valence-corrected chi connectivity index (χ2v) is 5.22. The molecule has 1 fully saturated rings. The van der Waals surface area contributed by atoms with Crippen molar-refractivity contribution in [2.45, 2.75) is 25.3 Å². The average Bonchev–Trinajstić information content (AvgIpc) is 2.98. The summed E-state index contributed by atoms with van der Waals surface area (Å²) >= 11 is 5.98. The lowest BCUT2D eigenvalue weighted by Gasteiger charge is -2.08. The molecule has 0 spiro atoms. The topological polar surface area (TPSA) is 66.6 Å². The minimum Gasteiger partial charge on any atom is -0.476 e. The van der Waals surface area contributed by atoms with Gasteiger partial charge in [-0.3, -0.25) is 0 Å². The Kier molecular flexibility index (Phi) is 3.16. The van der Waals surface area contributed by atoms with Crippen molar-refractivity contribution in [3.63, 3.8) is 0 Å². The first-order valence-corrected chi connectivity index (χ1v) is 6.66. The van der Waals surface area contributed by atoms with Gasteiger partial charge in [-0.05, 0) is 31.5 Å². The maximum atomic E-state index is 11.2. The zero-order chi connectivity index (χ0) is 13.4. The monoisotopic (exact) mass is 279 g/mol. The predicted molar refractivity (Wildman–Crippen MR) is 71.9 cm³/mol. The van der Waals surface area contributed by atoms with Crippen molar-refractivity contribution in [3.8, 4) is 0 Å². The van der Waals surface area contributed by atoms with E-state index in [0.29, 0.717) is 16.6 Å². The van der Waals surface area contributed by atoms with E-state index in [9.17, 15) is 9.90 Å². The molecule has 1 saturated heterocycles. The van der Waals surface area contributed by atoms with E-state index in [1.165, 1.54) is 0 Å². The molecule has 0 amide bonds. The minimum absolute atomic E-state index is 0.0877. The molecule has 0 bridgehead atoms. The number of carbonyl (C=O) groups is 1. The quantitative estimate of drug-likeness (QED) is 0.902. The molecule has 2 aromatic rings. The largest absolute Gasteiger partial charge is 0.476 e. The summed E-state index contributed by atoms with van der Waals surface area (Å²) in [5.41, 5.74) is 0.676. The van der Waals surface area contributed by atoms with E-state index in [1.54, 1.807) is 22.7 Å². The smallest absolute Gasteiger partial charge is 0.356 e. The van der Waals surface area contributed by atoms with Crippen LogP contribution in [0, 0.1) is 0 Å². The molecule has 2 aromatic heterocycles. The van der Waals surface area contributed by atoms with Gasteiger partial charge < -0.3 is 14.8 Å². The number of hydrogen-bond acceptors (Lipinski definition) is 3. The van der Waals surface area contributed by atoms with Gasteiger partial charge in [0.1, 0.15) is 5.82 Å². The highest BCUT2D eigenvalue weighted by Gasteiger charge is 2.21. The summed E-state index contributed by atoms with van der Waals surface area (Å²) in [6.07, 6.45) is 4.69. The number of aromatic carboxylic acids is 1. The van der Waals surface area contributed by atoms with Gasteiger partial charge in [0.2, 0.25) is 0 Å². The summed E-state index contributed by atoms with van der Waals surface area (Å²) in [7, 11) is 0. The molecule has 0 saturated carbocycles. The first kappa shape index (κ1) is 12.4. The third kappa shape index (κ3) is 2.31. The van der Waals surface area contributed by atoms with E-state index in [2.05, 4.69) is 10.3 Å². The third-order valence-electron chi connectivity index (χ3n) is 3.47. The van der Waals surface area contributed by atoms with Crippen molar-refractivity contribution in [2.24, 2.45) is 0 Å². The number of pyridine rings is 1. The zero-order valence-corrected chi connectivity index (χ0v) is 11.0. The van der Waals surface area contributed by atoms with E-state index in [1.807, 2.05) is 0 Å². The van der Waals surface area contributed by atoms with Crippen molar-refractivity contribution >= 4 is 23.1 Å². The Morgan fingerprint density at radius 3 is 3.11 bits per heavy atom. The van der Waals surface area contributed by atoms with Gasteiger partial charge in [0.05, 0.1) is 10.5 Å². The summed E-state index contributed by atoms with van der Waals surface area (Å²) in [6, 6.07) is 3.75. The van der Waals surface area contributed by atoms with E-state index in [0.717, 1.165) is 31.6 Å². The number of hydrogen-bond donors (Lipinski definition) is 2. The zero-order valence-electron chi connectivity index (χ0n) is 10.3. The fraction of sp³-hybridized carbons (Fsp3) is 0.385. The molecule has 0 aromatic carbocycles. The van der Waals surface area contributed by atoms with E-state index in [4.69, 9.17) is 11.6 Å². The summed E-state index contributed by atoms with van der Waals surface area (Å²) in [6.45, 7) is 1.01. The highest BCUT2D eigenvalue weighted by Crippen LogP contribution is 2.20. The number of nitrogens with zero attached hydrogens (tertiary/aromatic N) is 2. The fourth-order valence-corrected chi connectivity index (χ4v) is 2.73. The number of carboxylic acids is 1. The SMILES string of the molecule is O=C(O)c1nc(CC2CCCN2)n2cc(Cl)ccc12. The first-order valence-electron chi connectivity index (χ1n) is 6.28. The lowest BCUT2D eigenvalue weighted by atomic mass is 10.1. The number of halogens is 1. The molecule has 1 aliphatic heterocycles. The molecule has 0 radical (unpaired) electrons. The summed E-state index contributed by atoms with van der Waals surface area (Å²) in [5, 5.41) is 13.2. The fourth-order valence-electron chi connectivity index (χ4n) is 2.57. The predicted octanol–water partition coefficient (Wildman–Crippen LogP) is 1.98. The van der Waals surface area contributed by atoms with Crippen molar-refractivity contribution in [3.05, 3.63) is 34.9 Å². The Labute approximate surface area is 115 Å². The Bertz CT molecular complexity index is 632. The van der Waals surface area contributed by atoms with E-state index >= 15 is 0 Å². The molecular weight excluding hydrogens is 266 g/mol. The van der Waals surface area contributed by atoms with Gasteiger partial charge in [0.25, 0.3) is 0 Å². The maximum absolute atomic E-state index is 11.2. The van der Waals surface area contributed by atoms with Crippen LogP contribution in [-0.2, 0) is 6.42 Å². The van der Waals surface area contributed by atoms with Gasteiger partial charge >= 0.3 is 5.97 Å². The van der Waals surface area contributed by atoms with Crippen LogP contribution in [0.4, 0.5) is 0 Å². The van der Waals surface area contributed by atoms with Crippen LogP contribution in [0.3, 0.4) is 0 Å². The van der Waals surface area contributed by atoms with Crippen LogP contribution >= 0.6 is 11.6 Å². The Morgan fingerprint density at radius 2 is 2.42 bits per heavy atom. The Balaban J connectivity index is 2.06. The minimum atomic E-state index is -1.01. The molecule has 100 valence electrons. The molecule has 19 heavy (non-hydrogen) atoms. The molecule has 1 unspecified atom stereocenters. The summed E-state index contributed by atoms with van der Waals surface area (Å²) in [5.74, 6) is -0.264. The van der Waals surface area contributed by atoms with Crippen LogP contribution in [-0.4, -0.2) is 33.0 Å². The van der Waals surface area contributed by atoms with Crippen LogP contribution in [0.25, 0.3) is 5.52 Å². The molecule has 1 atom stereocenters. The van der Waals surface area contributed by atoms with Crippen molar-refractivity contribution in [1.29, 1.82) is 0 Å². The van der Waals surface area contributed by atoms with Crippen molar-refractivity contribution < 1.29 is 9.90 Å². The van der Waals surface area contributed by atoms with Crippen molar-refractivity contribution in [2.75, 3.05) is 6.54 Å². The number of imidazole rings is 1. The van der Waals surface area contributed by atoms with Crippen molar-refractivity contribution in [1.82, 2.24) is 14.7 Å². The summed E-state index contributed by atoms with van der Waals surface area (Å²) in [4.78, 5) is 15.5. The normalized spacial score (nSPS) is 19.1. The van der Waals surface area contributed by atoms with Crippen LogP contribution in [0.1, 0.15) is 29.2 Å². The number of rotatable bonds is 3. The Hall–Kier alpha value is -1.59. The highest BCUT2D eigenvalue weighted by atomic mass is 35.5. The highest BCUT2D eigenvalue weighted by molar-refractivity contribution is 6.30. The van der Waals surface area contributed by atoms with E-state index < -0.39 is 5.97 Å². The molecule has 5 nitrogen and oxygen atoms in total. The van der Waals surface area contributed by atoms with Crippen LogP contribution in [0.5, 0.6) is 0 Å². The number of fused-ring (bicyclic) bond motifs is 1. The lowest BCUT2D eigenvalue weighted by Crippen LogP contribution is -2.24. The molecule has 1 aliphatic rings. The number of aromatic nitrogens is 2.